The number of nitrogens with one attached hydrogen (secondary N) is 1. The molecule has 0 amide bonds. The van der Waals surface area contributed by atoms with Gasteiger partial charge in [-0.3, -0.25) is 9.89 Å². The zero-order valence-corrected chi connectivity index (χ0v) is 19.4. The lowest BCUT2D eigenvalue weighted by molar-refractivity contribution is 0.0218. The van der Waals surface area contributed by atoms with E-state index in [1.54, 1.807) is 0 Å². The maximum Gasteiger partial charge on any atom is 0.126 e. The van der Waals surface area contributed by atoms with Gasteiger partial charge in [-0.25, -0.2) is 4.99 Å². The molecule has 7 heteroatoms. The van der Waals surface area contributed by atoms with E-state index in [0.29, 0.717) is 6.54 Å². The van der Waals surface area contributed by atoms with Crippen LogP contribution in [0.25, 0.3) is 0 Å². The Balaban J connectivity index is 1.70. The molecular weight excluding hydrogens is 378 g/mol. The first-order valence-electron chi connectivity index (χ1n) is 11.2. The van der Waals surface area contributed by atoms with Crippen molar-refractivity contribution in [1.29, 1.82) is 0 Å². The number of hydrogen-bond donors (Lipinski definition) is 2. The third-order valence-corrected chi connectivity index (χ3v) is 5.35. The van der Waals surface area contributed by atoms with Crippen molar-refractivity contribution in [3.05, 3.63) is 23.9 Å². The third-order valence-electron chi connectivity index (χ3n) is 5.35. The number of allylic oxidation sites excluding steroid dienone is 2. The van der Waals surface area contributed by atoms with Crippen LogP contribution in [0.1, 0.15) is 59.8 Å². The average molecular weight is 420 g/mol. The summed E-state index contributed by atoms with van der Waals surface area (Å²) in [6.07, 6.45) is 11.2. The van der Waals surface area contributed by atoms with Gasteiger partial charge in [0.05, 0.1) is 5.60 Å². The molecule has 1 aliphatic heterocycles. The molecule has 2 fully saturated rings. The van der Waals surface area contributed by atoms with E-state index in [1.165, 1.54) is 6.34 Å². The normalized spacial score (nSPS) is 20.5. The molecule has 1 heterocycles. The lowest BCUT2D eigenvalue weighted by Gasteiger charge is -2.38. The second-order valence-electron chi connectivity index (χ2n) is 9.32. The summed E-state index contributed by atoms with van der Waals surface area (Å²) in [6.45, 7) is 16.7. The minimum Gasteiger partial charge on any atom is -0.491 e. The molecule has 0 radical (unpaired) electrons. The molecule has 170 valence electrons. The van der Waals surface area contributed by atoms with Crippen LogP contribution < -0.4 is 5.32 Å². The molecule has 1 saturated heterocycles. The standard InChI is InChI=1S/C23H41N5O2/c1-20(30-23(4)10-11-23)17-25-12-8-6-7-9-21(26-19-24-5)28-15-13-27(14-16-28)18-22(2,3)29/h9,17,19,25,29H,5-8,10-16,18H2,1-4H3/b20-17+,21-9+,26-19?. The number of unbranched alkanes of at least 4 members (excludes halogenated alkanes) is 2. The summed E-state index contributed by atoms with van der Waals surface area (Å²) in [5, 5.41) is 13.4. The quantitative estimate of drug-likeness (QED) is 0.208. The number of aliphatic hydroxyl groups is 1. The topological polar surface area (TPSA) is 72.7 Å². The van der Waals surface area contributed by atoms with Crippen molar-refractivity contribution in [3.8, 4) is 0 Å². The van der Waals surface area contributed by atoms with Crippen molar-refractivity contribution >= 4 is 13.1 Å². The van der Waals surface area contributed by atoms with Crippen molar-refractivity contribution in [2.75, 3.05) is 39.3 Å². The van der Waals surface area contributed by atoms with Crippen LogP contribution in [0.5, 0.6) is 0 Å². The lowest BCUT2D eigenvalue weighted by Crippen LogP contribution is -2.49. The highest BCUT2D eigenvalue weighted by atomic mass is 16.5. The maximum absolute atomic E-state index is 10.0. The van der Waals surface area contributed by atoms with E-state index in [-0.39, 0.29) is 5.60 Å². The summed E-state index contributed by atoms with van der Waals surface area (Å²) in [4.78, 5) is 12.9. The van der Waals surface area contributed by atoms with Crippen molar-refractivity contribution in [2.24, 2.45) is 9.98 Å². The Bertz CT molecular complexity index is 624. The highest BCUT2D eigenvalue weighted by molar-refractivity contribution is 5.63. The van der Waals surface area contributed by atoms with E-state index in [2.05, 4.69) is 44.8 Å². The van der Waals surface area contributed by atoms with Crippen LogP contribution in [-0.2, 0) is 4.74 Å². The van der Waals surface area contributed by atoms with Gasteiger partial charge in [0.2, 0.25) is 0 Å². The largest absolute Gasteiger partial charge is 0.491 e. The zero-order chi connectivity index (χ0) is 22.0. The number of aliphatic imine (C=N–C) groups is 2. The number of nitrogens with zero attached hydrogens (tertiary/aromatic N) is 4. The number of piperazine rings is 1. The summed E-state index contributed by atoms with van der Waals surface area (Å²) in [5.74, 6) is 1.94. The van der Waals surface area contributed by atoms with E-state index in [9.17, 15) is 5.11 Å². The molecule has 0 bridgehead atoms. The fourth-order valence-electron chi connectivity index (χ4n) is 3.56. The Morgan fingerprint density at radius 3 is 2.53 bits per heavy atom. The average Bonchev–Trinajstić information content (AvgIpc) is 3.39. The van der Waals surface area contributed by atoms with E-state index in [0.717, 1.165) is 76.4 Å². The SMILES string of the molecule is C=NC=N/C(=C\CCCCN/C=C(\C)OC1(C)CC1)N1CCN(CC(C)(C)O)CC1. The van der Waals surface area contributed by atoms with Crippen LogP contribution in [0.4, 0.5) is 0 Å². The highest BCUT2D eigenvalue weighted by Crippen LogP contribution is 2.40. The maximum atomic E-state index is 10.0. The summed E-state index contributed by atoms with van der Waals surface area (Å²) in [7, 11) is 0. The first kappa shape index (κ1) is 24.4. The molecule has 0 aromatic heterocycles. The van der Waals surface area contributed by atoms with Gasteiger partial charge in [0, 0.05) is 45.5 Å². The molecule has 2 N–H and O–H groups in total. The Morgan fingerprint density at radius 1 is 1.23 bits per heavy atom. The van der Waals surface area contributed by atoms with Gasteiger partial charge in [0.25, 0.3) is 0 Å². The second kappa shape index (κ2) is 11.5. The smallest absolute Gasteiger partial charge is 0.126 e. The Labute approximate surface area is 182 Å². The molecule has 0 aromatic carbocycles. The molecule has 0 atom stereocenters. The van der Waals surface area contributed by atoms with E-state index >= 15 is 0 Å². The van der Waals surface area contributed by atoms with Crippen molar-refractivity contribution in [2.45, 2.75) is 71.0 Å². The molecular formula is C23H41N5O2. The van der Waals surface area contributed by atoms with Gasteiger partial charge in [0.15, 0.2) is 0 Å². The van der Waals surface area contributed by atoms with Gasteiger partial charge < -0.3 is 20.1 Å². The molecule has 30 heavy (non-hydrogen) atoms. The van der Waals surface area contributed by atoms with Crippen LogP contribution in [0, 0.1) is 0 Å². The van der Waals surface area contributed by atoms with Crippen molar-refractivity contribution in [3.63, 3.8) is 0 Å². The van der Waals surface area contributed by atoms with Gasteiger partial charge >= 0.3 is 0 Å². The number of hydrogen-bond acceptors (Lipinski definition) is 6. The monoisotopic (exact) mass is 419 g/mol. The van der Waals surface area contributed by atoms with E-state index in [1.807, 2.05) is 27.0 Å². The summed E-state index contributed by atoms with van der Waals surface area (Å²) in [6, 6.07) is 0. The Morgan fingerprint density at radius 2 is 1.93 bits per heavy atom. The fourth-order valence-corrected chi connectivity index (χ4v) is 3.56. The summed E-state index contributed by atoms with van der Waals surface area (Å²) < 4.78 is 5.88. The highest BCUT2D eigenvalue weighted by Gasteiger charge is 2.39. The zero-order valence-electron chi connectivity index (χ0n) is 19.4. The Kier molecular flexibility index (Phi) is 9.37. The molecule has 1 aliphatic carbocycles. The second-order valence-corrected chi connectivity index (χ2v) is 9.32. The number of rotatable bonds is 13. The van der Waals surface area contributed by atoms with Gasteiger partial charge in [-0.15, -0.1) is 0 Å². The predicted octanol–water partition coefficient (Wildman–Crippen LogP) is 3.14. The van der Waals surface area contributed by atoms with Crippen LogP contribution in [-0.4, -0.2) is 78.4 Å². The molecule has 1 saturated carbocycles. The summed E-state index contributed by atoms with van der Waals surface area (Å²) in [5.41, 5.74) is -0.570. The fraction of sp³-hybridized carbons (Fsp3) is 0.739. The first-order valence-corrected chi connectivity index (χ1v) is 11.2. The van der Waals surface area contributed by atoms with Crippen LogP contribution in [0.3, 0.4) is 0 Å². The van der Waals surface area contributed by atoms with E-state index in [4.69, 9.17) is 4.74 Å². The Hall–Kier alpha value is -1.86. The molecule has 0 aromatic rings. The molecule has 2 rings (SSSR count). The lowest BCUT2D eigenvalue weighted by atomic mass is 10.1. The number of β-amino-alcohol motifs (C(OH)–C–C–N with tert-alkyl or cyclic N) is 1. The van der Waals surface area contributed by atoms with Gasteiger partial charge in [-0.05, 0) is 72.6 Å². The van der Waals surface area contributed by atoms with Crippen molar-refractivity contribution < 1.29 is 9.84 Å². The first-order chi connectivity index (χ1) is 14.2. The van der Waals surface area contributed by atoms with Crippen LogP contribution in [0.15, 0.2) is 33.8 Å². The molecule has 0 unspecified atom stereocenters. The van der Waals surface area contributed by atoms with Gasteiger partial charge in [0.1, 0.15) is 23.5 Å². The van der Waals surface area contributed by atoms with Crippen molar-refractivity contribution in [1.82, 2.24) is 15.1 Å². The van der Waals surface area contributed by atoms with Gasteiger partial charge in [-0.2, -0.15) is 0 Å². The minimum absolute atomic E-state index is 0.0874. The molecule has 7 nitrogen and oxygen atoms in total. The molecule has 0 spiro atoms. The predicted molar refractivity (Wildman–Crippen MR) is 125 cm³/mol. The van der Waals surface area contributed by atoms with Crippen LogP contribution in [0.2, 0.25) is 0 Å². The molecule has 2 aliphatic rings. The summed E-state index contributed by atoms with van der Waals surface area (Å²) >= 11 is 0. The third kappa shape index (κ3) is 9.76. The van der Waals surface area contributed by atoms with E-state index < -0.39 is 5.60 Å². The minimum atomic E-state index is -0.657. The number of ether oxygens (including phenoxy) is 1. The van der Waals surface area contributed by atoms with Gasteiger partial charge in [-0.1, -0.05) is 0 Å². The van der Waals surface area contributed by atoms with Crippen LogP contribution >= 0.6 is 0 Å².